The quantitative estimate of drug-likeness (QED) is 0.385. The predicted molar refractivity (Wildman–Crippen MR) is 108 cm³/mol. The van der Waals surface area contributed by atoms with Crippen LogP contribution in [0.3, 0.4) is 0 Å². The summed E-state index contributed by atoms with van der Waals surface area (Å²) in [5.74, 6) is 2.19. The average Bonchev–Trinajstić information content (AvgIpc) is 2.55. The Morgan fingerprint density at radius 1 is 1.21 bits per heavy atom. The zero-order chi connectivity index (χ0) is 15.9. The Bertz CT molecular complexity index is 498. The van der Waals surface area contributed by atoms with Gasteiger partial charge >= 0.3 is 0 Å². The number of nitrogens with zero attached hydrogens (tertiary/aromatic N) is 5. The van der Waals surface area contributed by atoms with Gasteiger partial charge in [-0.15, -0.1) is 24.0 Å². The van der Waals surface area contributed by atoms with E-state index in [1.165, 1.54) is 19.3 Å². The van der Waals surface area contributed by atoms with Crippen LogP contribution in [-0.4, -0.2) is 66.6 Å². The van der Waals surface area contributed by atoms with Crippen LogP contribution < -0.4 is 16.0 Å². The highest BCUT2D eigenvalue weighted by Crippen LogP contribution is 2.26. The molecule has 0 amide bonds. The van der Waals surface area contributed by atoms with Crippen molar-refractivity contribution in [2.75, 3.05) is 50.7 Å². The molecule has 1 aliphatic heterocycles. The van der Waals surface area contributed by atoms with E-state index in [2.05, 4.69) is 30.1 Å². The molecule has 24 heavy (non-hydrogen) atoms. The molecule has 1 aromatic rings. The van der Waals surface area contributed by atoms with Gasteiger partial charge in [0.15, 0.2) is 5.96 Å². The number of anilines is 1. The molecule has 0 spiro atoms. The summed E-state index contributed by atoms with van der Waals surface area (Å²) in [5, 5.41) is 3.22. The van der Waals surface area contributed by atoms with E-state index in [4.69, 9.17) is 5.73 Å². The van der Waals surface area contributed by atoms with Gasteiger partial charge in [-0.05, 0) is 24.8 Å². The molecule has 2 aliphatic rings. The van der Waals surface area contributed by atoms with Crippen LogP contribution in [0.1, 0.15) is 19.3 Å². The van der Waals surface area contributed by atoms with Crippen molar-refractivity contribution in [2.24, 2.45) is 16.6 Å². The maximum absolute atomic E-state index is 5.91. The number of hydrogen-bond acceptors (Lipinski definition) is 5. The van der Waals surface area contributed by atoms with E-state index in [-0.39, 0.29) is 24.0 Å². The van der Waals surface area contributed by atoms with Crippen LogP contribution in [0.25, 0.3) is 0 Å². The molecule has 1 saturated carbocycles. The fourth-order valence-corrected chi connectivity index (χ4v) is 2.93. The molecule has 1 saturated heterocycles. The van der Waals surface area contributed by atoms with Gasteiger partial charge in [0.2, 0.25) is 5.95 Å². The number of rotatable bonds is 6. The van der Waals surface area contributed by atoms with E-state index in [0.717, 1.165) is 57.7 Å². The number of nitrogens with one attached hydrogen (secondary N) is 1. The number of hydrogen-bond donors (Lipinski definition) is 2. The topological polar surface area (TPSA) is 82.7 Å². The minimum Gasteiger partial charge on any atom is -0.370 e. The summed E-state index contributed by atoms with van der Waals surface area (Å²) in [4.78, 5) is 17.7. The van der Waals surface area contributed by atoms with Gasteiger partial charge in [0.25, 0.3) is 0 Å². The van der Waals surface area contributed by atoms with Crippen LogP contribution in [0.15, 0.2) is 23.5 Å². The Kier molecular flexibility index (Phi) is 7.97. The Balaban J connectivity index is 0.00000208. The van der Waals surface area contributed by atoms with Crippen LogP contribution in [0, 0.1) is 5.92 Å². The number of piperazine rings is 1. The third kappa shape index (κ3) is 5.73. The number of aromatic nitrogens is 2. The lowest BCUT2D eigenvalue weighted by atomic mass is 9.86. The number of halogens is 1. The van der Waals surface area contributed by atoms with E-state index in [9.17, 15) is 0 Å². The molecular weight excluding hydrogens is 417 g/mol. The van der Waals surface area contributed by atoms with Gasteiger partial charge < -0.3 is 16.0 Å². The molecule has 1 aromatic heterocycles. The summed E-state index contributed by atoms with van der Waals surface area (Å²) in [6.45, 7) is 6.71. The smallest absolute Gasteiger partial charge is 0.225 e. The lowest BCUT2D eigenvalue weighted by molar-refractivity contribution is 0.260. The van der Waals surface area contributed by atoms with Gasteiger partial charge in [0.1, 0.15) is 0 Å². The fourth-order valence-electron chi connectivity index (χ4n) is 2.93. The fraction of sp³-hybridized carbons (Fsp3) is 0.688. The van der Waals surface area contributed by atoms with E-state index in [1.54, 1.807) is 12.4 Å². The van der Waals surface area contributed by atoms with Crippen LogP contribution >= 0.6 is 24.0 Å². The predicted octanol–water partition coefficient (Wildman–Crippen LogP) is 0.921. The largest absolute Gasteiger partial charge is 0.370 e. The zero-order valence-electron chi connectivity index (χ0n) is 14.1. The third-order valence-electron chi connectivity index (χ3n) is 4.69. The molecule has 3 N–H and O–H groups in total. The summed E-state index contributed by atoms with van der Waals surface area (Å²) < 4.78 is 0. The molecule has 2 heterocycles. The zero-order valence-corrected chi connectivity index (χ0v) is 16.4. The van der Waals surface area contributed by atoms with Crippen molar-refractivity contribution in [3.8, 4) is 0 Å². The summed E-state index contributed by atoms with van der Waals surface area (Å²) in [5.41, 5.74) is 5.91. The molecule has 0 aromatic carbocycles. The standard InChI is InChI=1S/C16H27N7.HI/c17-15(21-13-14-3-1-4-14)18-7-8-22-9-11-23(12-10-22)16-19-5-2-6-20-16;/h2,5-6,14H,1,3-4,7-13H2,(H3,17,18,21);1H. The first-order valence-corrected chi connectivity index (χ1v) is 8.59. The molecule has 134 valence electrons. The summed E-state index contributed by atoms with van der Waals surface area (Å²) in [7, 11) is 0. The van der Waals surface area contributed by atoms with Crippen molar-refractivity contribution in [2.45, 2.75) is 19.3 Å². The van der Waals surface area contributed by atoms with Crippen molar-refractivity contribution < 1.29 is 0 Å². The van der Waals surface area contributed by atoms with Crippen molar-refractivity contribution in [1.29, 1.82) is 0 Å². The summed E-state index contributed by atoms with van der Waals surface area (Å²) >= 11 is 0. The number of aliphatic imine (C=N–C) groups is 1. The lowest BCUT2D eigenvalue weighted by Gasteiger charge is -2.34. The number of guanidine groups is 1. The molecule has 7 nitrogen and oxygen atoms in total. The lowest BCUT2D eigenvalue weighted by Crippen LogP contribution is -2.49. The van der Waals surface area contributed by atoms with Crippen LogP contribution in [0.4, 0.5) is 5.95 Å². The number of nitrogens with two attached hydrogens (primary N) is 1. The van der Waals surface area contributed by atoms with Gasteiger partial charge in [0, 0.05) is 58.2 Å². The third-order valence-corrected chi connectivity index (χ3v) is 4.69. The van der Waals surface area contributed by atoms with Gasteiger partial charge in [-0.25, -0.2) is 9.97 Å². The molecule has 3 rings (SSSR count). The first kappa shape index (κ1) is 19.2. The summed E-state index contributed by atoms with van der Waals surface area (Å²) in [6.07, 6.45) is 7.57. The van der Waals surface area contributed by atoms with Crippen LogP contribution in [0.5, 0.6) is 0 Å². The van der Waals surface area contributed by atoms with E-state index in [1.807, 2.05) is 6.07 Å². The highest BCUT2D eigenvalue weighted by molar-refractivity contribution is 14.0. The first-order chi connectivity index (χ1) is 11.3. The monoisotopic (exact) mass is 445 g/mol. The molecule has 0 bridgehead atoms. The van der Waals surface area contributed by atoms with Crippen molar-refractivity contribution in [1.82, 2.24) is 20.2 Å². The first-order valence-electron chi connectivity index (χ1n) is 8.59. The molecule has 0 unspecified atom stereocenters. The highest BCUT2D eigenvalue weighted by Gasteiger charge is 2.18. The molecular formula is C16H28IN7. The Morgan fingerprint density at radius 2 is 1.92 bits per heavy atom. The van der Waals surface area contributed by atoms with Crippen molar-refractivity contribution in [3.05, 3.63) is 18.5 Å². The second-order valence-electron chi connectivity index (χ2n) is 6.33. The second kappa shape index (κ2) is 9.97. The average molecular weight is 445 g/mol. The van der Waals surface area contributed by atoms with E-state index in [0.29, 0.717) is 5.96 Å². The Morgan fingerprint density at radius 3 is 2.54 bits per heavy atom. The molecule has 1 aliphatic carbocycles. The minimum atomic E-state index is 0. The maximum atomic E-state index is 5.91. The maximum Gasteiger partial charge on any atom is 0.225 e. The van der Waals surface area contributed by atoms with Crippen LogP contribution in [0.2, 0.25) is 0 Å². The van der Waals surface area contributed by atoms with Gasteiger partial charge in [-0.3, -0.25) is 9.89 Å². The minimum absolute atomic E-state index is 0. The molecule has 2 fully saturated rings. The molecule has 8 heteroatoms. The summed E-state index contributed by atoms with van der Waals surface area (Å²) in [6, 6.07) is 1.85. The van der Waals surface area contributed by atoms with Gasteiger partial charge in [-0.2, -0.15) is 0 Å². The van der Waals surface area contributed by atoms with E-state index < -0.39 is 0 Å². The van der Waals surface area contributed by atoms with E-state index >= 15 is 0 Å². The molecule has 0 atom stereocenters. The second-order valence-corrected chi connectivity index (χ2v) is 6.33. The SMILES string of the molecule is I.NC(=NCC1CCC1)NCCN1CCN(c2ncccn2)CC1. The molecule has 0 radical (unpaired) electrons. The van der Waals surface area contributed by atoms with Crippen LogP contribution in [-0.2, 0) is 0 Å². The van der Waals surface area contributed by atoms with Crippen molar-refractivity contribution >= 4 is 35.9 Å². The van der Waals surface area contributed by atoms with Gasteiger partial charge in [-0.1, -0.05) is 6.42 Å². The highest BCUT2D eigenvalue weighted by atomic mass is 127. The van der Waals surface area contributed by atoms with Gasteiger partial charge in [0.05, 0.1) is 0 Å². The normalized spacial score (nSPS) is 19.5. The van der Waals surface area contributed by atoms with Crippen molar-refractivity contribution in [3.63, 3.8) is 0 Å². The Labute approximate surface area is 161 Å². The Hall–Kier alpha value is -1.16.